The van der Waals surface area contributed by atoms with Gasteiger partial charge in [-0.3, -0.25) is 0 Å². The molecule has 0 amide bonds. The Balaban J connectivity index is 1.21. The zero-order valence-corrected chi connectivity index (χ0v) is 28.0. The first kappa shape index (κ1) is 32.3. The molecule has 5 aromatic carbocycles. The first-order chi connectivity index (χ1) is 23.0. The molecule has 240 valence electrons. The topological polar surface area (TPSA) is 27.7 Å². The lowest BCUT2D eigenvalue weighted by atomic mass is 9.82. The lowest BCUT2D eigenvalue weighted by Gasteiger charge is -2.26. The maximum atomic E-state index is 6.64. The van der Waals surface area contributed by atoms with E-state index >= 15 is 0 Å². The highest BCUT2D eigenvalue weighted by Gasteiger charge is 2.29. The molecule has 3 atom stereocenters. The molecule has 3 nitrogen and oxygen atoms in total. The molecule has 0 saturated heterocycles. The third kappa shape index (κ3) is 7.86. The second-order valence-corrected chi connectivity index (χ2v) is 13.2. The average molecular weight is 623 g/mol. The first-order valence-electron chi connectivity index (χ1n) is 17.0. The minimum atomic E-state index is -0.501. The van der Waals surface area contributed by atoms with E-state index < -0.39 is 6.29 Å². The van der Waals surface area contributed by atoms with Crippen LogP contribution in [0.1, 0.15) is 62.6 Å². The monoisotopic (exact) mass is 622 g/mol. The molecule has 0 radical (unpaired) electrons. The van der Waals surface area contributed by atoms with E-state index in [1.807, 2.05) is 12.1 Å². The molecular weight excluding hydrogens is 576 g/mol. The number of para-hydroxylation sites is 1. The zero-order chi connectivity index (χ0) is 32.6. The molecule has 5 aromatic rings. The average Bonchev–Trinajstić information content (AvgIpc) is 3.53. The van der Waals surface area contributed by atoms with Crippen LogP contribution in [0.2, 0.25) is 0 Å². The van der Waals surface area contributed by atoms with E-state index in [0.29, 0.717) is 31.0 Å². The zero-order valence-electron chi connectivity index (χ0n) is 28.0. The van der Waals surface area contributed by atoms with Crippen molar-refractivity contribution in [1.29, 1.82) is 0 Å². The minimum Gasteiger partial charge on any atom is -0.490 e. The van der Waals surface area contributed by atoms with E-state index in [1.54, 1.807) is 0 Å². The van der Waals surface area contributed by atoms with Gasteiger partial charge in [0.1, 0.15) is 18.1 Å². The van der Waals surface area contributed by atoms with Crippen molar-refractivity contribution in [2.45, 2.75) is 52.2 Å². The summed E-state index contributed by atoms with van der Waals surface area (Å²) in [4.78, 5) is 0. The normalized spacial score (nSPS) is 15.1. The molecule has 0 aromatic heterocycles. The standard InChI is InChI=1S/C44H46O3/c1-31(2)30-42(32(3)4)36-22-25-37(26-23-36)47-44(41-27-24-35-18-11-12-19-38(35)41)46-29-28-45-43-39(33-14-7-5-8-15-33)20-13-21-40(43)34-16-9-6-10-17-34/h5-27,31-32,41-42,44H,28-30H2,1-4H3. The molecular formula is C44H46O3. The number of hydrogen-bond acceptors (Lipinski definition) is 3. The summed E-state index contributed by atoms with van der Waals surface area (Å²) in [5, 5.41) is 0. The molecule has 1 aliphatic rings. The van der Waals surface area contributed by atoms with E-state index in [2.05, 4.69) is 155 Å². The first-order valence-corrected chi connectivity index (χ1v) is 17.0. The van der Waals surface area contributed by atoms with Gasteiger partial charge in [0.15, 0.2) is 0 Å². The second kappa shape index (κ2) is 15.3. The van der Waals surface area contributed by atoms with Crippen molar-refractivity contribution in [3.63, 3.8) is 0 Å². The van der Waals surface area contributed by atoms with E-state index in [1.165, 1.54) is 23.1 Å². The van der Waals surface area contributed by atoms with E-state index in [-0.39, 0.29) is 5.92 Å². The SMILES string of the molecule is CC(C)CC(c1ccc(OC(OCCOc2c(-c3ccccc3)cccc2-c2ccccc2)C2C=Cc3ccccc32)cc1)C(C)C. The summed E-state index contributed by atoms with van der Waals surface area (Å²) in [5.74, 6) is 3.40. The van der Waals surface area contributed by atoms with Crippen LogP contribution < -0.4 is 9.47 Å². The predicted octanol–water partition coefficient (Wildman–Crippen LogP) is 11.4. The van der Waals surface area contributed by atoms with Crippen molar-refractivity contribution in [2.24, 2.45) is 11.8 Å². The second-order valence-electron chi connectivity index (χ2n) is 13.2. The Hall–Kier alpha value is -4.60. The summed E-state index contributed by atoms with van der Waals surface area (Å²) in [5.41, 5.74) is 8.14. The fraction of sp³-hybridized carbons (Fsp3) is 0.273. The number of rotatable bonds is 14. The Labute approximate surface area is 280 Å². The fourth-order valence-electron chi connectivity index (χ4n) is 6.64. The van der Waals surface area contributed by atoms with Gasteiger partial charge in [-0.2, -0.15) is 0 Å². The highest BCUT2D eigenvalue weighted by molar-refractivity contribution is 5.82. The van der Waals surface area contributed by atoms with E-state index in [9.17, 15) is 0 Å². The third-order valence-electron chi connectivity index (χ3n) is 9.02. The largest absolute Gasteiger partial charge is 0.490 e. The lowest BCUT2D eigenvalue weighted by molar-refractivity contribution is -0.0939. The molecule has 47 heavy (non-hydrogen) atoms. The van der Waals surface area contributed by atoms with Crippen molar-refractivity contribution >= 4 is 6.08 Å². The Morgan fingerprint density at radius 1 is 0.617 bits per heavy atom. The number of benzene rings is 5. The molecule has 0 spiro atoms. The van der Waals surface area contributed by atoms with Gasteiger partial charge in [0, 0.05) is 11.1 Å². The Kier molecular flexibility index (Phi) is 10.5. The van der Waals surface area contributed by atoms with Crippen molar-refractivity contribution < 1.29 is 14.2 Å². The van der Waals surface area contributed by atoms with E-state index in [4.69, 9.17) is 14.2 Å². The van der Waals surface area contributed by atoms with Crippen molar-refractivity contribution in [1.82, 2.24) is 0 Å². The van der Waals surface area contributed by atoms with Crippen LogP contribution in [-0.2, 0) is 4.74 Å². The van der Waals surface area contributed by atoms with Crippen LogP contribution in [-0.4, -0.2) is 19.5 Å². The van der Waals surface area contributed by atoms with Gasteiger partial charge >= 0.3 is 0 Å². The molecule has 3 unspecified atom stereocenters. The number of hydrogen-bond donors (Lipinski definition) is 0. The van der Waals surface area contributed by atoms with Crippen LogP contribution in [0.25, 0.3) is 28.3 Å². The maximum absolute atomic E-state index is 6.64. The molecule has 0 heterocycles. The van der Waals surface area contributed by atoms with Gasteiger partial charge in [0.05, 0.1) is 12.5 Å². The summed E-state index contributed by atoms with van der Waals surface area (Å²) in [6.07, 6.45) is 5.03. The molecule has 0 N–H and O–H groups in total. The van der Waals surface area contributed by atoms with Gasteiger partial charge in [-0.1, -0.05) is 155 Å². The van der Waals surface area contributed by atoms with E-state index in [0.717, 1.165) is 33.8 Å². The van der Waals surface area contributed by atoms with Gasteiger partial charge in [-0.25, -0.2) is 0 Å². The van der Waals surface area contributed by atoms with Crippen LogP contribution in [0.4, 0.5) is 0 Å². The van der Waals surface area contributed by atoms with Gasteiger partial charge in [-0.05, 0) is 64.1 Å². The molecule has 0 bridgehead atoms. The van der Waals surface area contributed by atoms with Gasteiger partial charge in [0.25, 0.3) is 0 Å². The Morgan fingerprint density at radius 3 is 1.85 bits per heavy atom. The molecule has 3 heteroatoms. The van der Waals surface area contributed by atoms with Gasteiger partial charge < -0.3 is 14.2 Å². The lowest BCUT2D eigenvalue weighted by Crippen LogP contribution is -2.29. The van der Waals surface area contributed by atoms with Gasteiger partial charge in [-0.15, -0.1) is 0 Å². The minimum absolute atomic E-state index is 0.0216. The van der Waals surface area contributed by atoms with Crippen LogP contribution >= 0.6 is 0 Å². The van der Waals surface area contributed by atoms with Crippen LogP contribution in [0.3, 0.4) is 0 Å². The summed E-state index contributed by atoms with van der Waals surface area (Å²) in [6, 6.07) is 44.3. The number of ether oxygens (including phenoxy) is 3. The third-order valence-corrected chi connectivity index (χ3v) is 9.02. The summed E-state index contributed by atoms with van der Waals surface area (Å²) < 4.78 is 19.8. The predicted molar refractivity (Wildman–Crippen MR) is 195 cm³/mol. The van der Waals surface area contributed by atoms with Crippen LogP contribution in [0.15, 0.2) is 133 Å². The summed E-state index contributed by atoms with van der Waals surface area (Å²) >= 11 is 0. The van der Waals surface area contributed by atoms with Crippen LogP contribution in [0, 0.1) is 11.8 Å². The molecule has 0 aliphatic heterocycles. The molecule has 6 rings (SSSR count). The number of fused-ring (bicyclic) bond motifs is 1. The molecule has 0 saturated carbocycles. The van der Waals surface area contributed by atoms with Gasteiger partial charge in [0.2, 0.25) is 6.29 Å². The Morgan fingerprint density at radius 2 is 1.23 bits per heavy atom. The Bertz CT molecular complexity index is 1680. The quantitative estimate of drug-likeness (QED) is 0.0911. The smallest absolute Gasteiger partial charge is 0.210 e. The summed E-state index contributed by atoms with van der Waals surface area (Å²) in [7, 11) is 0. The summed E-state index contributed by atoms with van der Waals surface area (Å²) in [6.45, 7) is 9.98. The highest BCUT2D eigenvalue weighted by atomic mass is 16.7. The van der Waals surface area contributed by atoms with Crippen molar-refractivity contribution in [3.05, 3.63) is 150 Å². The fourth-order valence-corrected chi connectivity index (χ4v) is 6.64. The van der Waals surface area contributed by atoms with Crippen molar-refractivity contribution in [2.75, 3.05) is 13.2 Å². The highest BCUT2D eigenvalue weighted by Crippen LogP contribution is 2.40. The van der Waals surface area contributed by atoms with Crippen molar-refractivity contribution in [3.8, 4) is 33.8 Å². The maximum Gasteiger partial charge on any atom is 0.210 e. The molecule has 1 aliphatic carbocycles. The molecule has 0 fully saturated rings. The van der Waals surface area contributed by atoms with Crippen LogP contribution in [0.5, 0.6) is 11.5 Å².